The summed E-state index contributed by atoms with van der Waals surface area (Å²) in [4.78, 5) is 13.3. The molecule has 4 rings (SSSR count). The highest BCUT2D eigenvalue weighted by Crippen LogP contribution is 2.40. The number of carbonyl (C=O) groups is 1. The molecule has 0 spiro atoms. The number of halogens is 2. The van der Waals surface area contributed by atoms with E-state index in [1.807, 2.05) is 42.6 Å². The number of ether oxygens (including phenoxy) is 1. The lowest BCUT2D eigenvalue weighted by atomic mass is 9.73. The molecule has 1 saturated heterocycles. The number of carbonyl (C=O) groups excluding carboxylic acids is 1. The van der Waals surface area contributed by atoms with E-state index in [0.717, 1.165) is 16.8 Å². The lowest BCUT2D eigenvalue weighted by molar-refractivity contribution is -0.130. The lowest BCUT2D eigenvalue weighted by Crippen LogP contribution is -2.48. The molecule has 2 heterocycles. The summed E-state index contributed by atoms with van der Waals surface area (Å²) in [5.41, 5.74) is 2.07. The van der Waals surface area contributed by atoms with Gasteiger partial charge in [0.1, 0.15) is 0 Å². The molecule has 3 aromatic rings. The highest BCUT2D eigenvalue weighted by Gasteiger charge is 2.42. The van der Waals surface area contributed by atoms with Crippen molar-refractivity contribution < 1.29 is 9.53 Å². The second kappa shape index (κ2) is 8.57. The van der Waals surface area contributed by atoms with E-state index in [0.29, 0.717) is 42.6 Å². The number of hydrogen-bond donors (Lipinski definition) is 1. The predicted octanol–water partition coefficient (Wildman–Crippen LogP) is 4.54. The standard InChI is InChI=1S/C22H21Cl2N3O2/c23-17-4-7-19(20(24)14-17)22(8-12-29-13-9-22)21(28)25-15-16-2-5-18(6-3-16)27-11-1-10-26-27/h1-7,10-11,14H,8-9,12-13,15H2,(H,25,28). The van der Waals surface area contributed by atoms with Crippen LogP contribution in [0.25, 0.3) is 5.69 Å². The van der Waals surface area contributed by atoms with Gasteiger partial charge in [-0.3, -0.25) is 4.79 Å². The first kappa shape index (κ1) is 20.0. The average Bonchev–Trinajstić information content (AvgIpc) is 3.28. The highest BCUT2D eigenvalue weighted by molar-refractivity contribution is 6.35. The van der Waals surface area contributed by atoms with Crippen molar-refractivity contribution in [2.45, 2.75) is 24.8 Å². The van der Waals surface area contributed by atoms with Crippen molar-refractivity contribution in [3.8, 4) is 5.69 Å². The maximum atomic E-state index is 13.3. The molecule has 1 fully saturated rings. The number of aromatic nitrogens is 2. The minimum Gasteiger partial charge on any atom is -0.381 e. The highest BCUT2D eigenvalue weighted by atomic mass is 35.5. The van der Waals surface area contributed by atoms with Crippen molar-refractivity contribution in [1.29, 1.82) is 0 Å². The third kappa shape index (κ3) is 4.17. The summed E-state index contributed by atoms with van der Waals surface area (Å²) in [6, 6.07) is 15.1. The Kier molecular flexibility index (Phi) is 5.90. The molecule has 0 unspecified atom stereocenters. The molecule has 2 aromatic carbocycles. The summed E-state index contributed by atoms with van der Waals surface area (Å²) in [5, 5.41) is 8.38. The van der Waals surface area contributed by atoms with Crippen LogP contribution in [-0.4, -0.2) is 28.9 Å². The monoisotopic (exact) mass is 429 g/mol. The van der Waals surface area contributed by atoms with Gasteiger partial charge in [0.05, 0.1) is 11.1 Å². The van der Waals surface area contributed by atoms with E-state index < -0.39 is 5.41 Å². The molecule has 1 aromatic heterocycles. The summed E-state index contributed by atoms with van der Waals surface area (Å²) in [5.74, 6) is -0.0406. The van der Waals surface area contributed by atoms with E-state index in [1.54, 1.807) is 23.0 Å². The SMILES string of the molecule is O=C(NCc1ccc(-n2cccn2)cc1)C1(c2ccc(Cl)cc2Cl)CCOCC1. The predicted molar refractivity (Wildman–Crippen MR) is 114 cm³/mol. The number of rotatable bonds is 5. The molecule has 1 aliphatic heterocycles. The first-order valence-electron chi connectivity index (χ1n) is 9.49. The van der Waals surface area contributed by atoms with Gasteiger partial charge in [0.25, 0.3) is 0 Å². The van der Waals surface area contributed by atoms with Crippen LogP contribution in [0.5, 0.6) is 0 Å². The van der Waals surface area contributed by atoms with Crippen molar-refractivity contribution >= 4 is 29.1 Å². The Morgan fingerprint density at radius 1 is 1.14 bits per heavy atom. The Balaban J connectivity index is 1.51. The molecule has 1 aliphatic rings. The third-order valence-corrected chi connectivity index (χ3v) is 5.93. The van der Waals surface area contributed by atoms with Crippen LogP contribution in [0.3, 0.4) is 0 Å². The molecule has 0 bridgehead atoms. The fourth-order valence-electron chi connectivity index (χ4n) is 3.76. The zero-order valence-electron chi connectivity index (χ0n) is 15.8. The topological polar surface area (TPSA) is 56.2 Å². The van der Waals surface area contributed by atoms with Crippen LogP contribution >= 0.6 is 23.2 Å². The van der Waals surface area contributed by atoms with Crippen LogP contribution in [0.2, 0.25) is 10.0 Å². The fraction of sp³-hybridized carbons (Fsp3) is 0.273. The Morgan fingerprint density at radius 2 is 1.90 bits per heavy atom. The summed E-state index contributed by atoms with van der Waals surface area (Å²) < 4.78 is 7.31. The quantitative estimate of drug-likeness (QED) is 0.647. The molecule has 5 nitrogen and oxygen atoms in total. The Labute approximate surface area is 179 Å². The van der Waals surface area contributed by atoms with Gasteiger partial charge in [0, 0.05) is 42.2 Å². The van der Waals surface area contributed by atoms with Crippen LogP contribution in [0, 0.1) is 0 Å². The number of benzene rings is 2. The van der Waals surface area contributed by atoms with E-state index >= 15 is 0 Å². The van der Waals surface area contributed by atoms with Crippen LogP contribution in [0.15, 0.2) is 60.9 Å². The molecule has 0 radical (unpaired) electrons. The molecule has 7 heteroatoms. The van der Waals surface area contributed by atoms with E-state index in [9.17, 15) is 4.79 Å². The molecule has 150 valence electrons. The van der Waals surface area contributed by atoms with Gasteiger partial charge >= 0.3 is 0 Å². The largest absolute Gasteiger partial charge is 0.381 e. The van der Waals surface area contributed by atoms with Crippen LogP contribution in [-0.2, 0) is 21.5 Å². The zero-order valence-corrected chi connectivity index (χ0v) is 17.3. The summed E-state index contributed by atoms with van der Waals surface area (Å²) >= 11 is 12.5. The van der Waals surface area contributed by atoms with Gasteiger partial charge in [-0.2, -0.15) is 5.10 Å². The Morgan fingerprint density at radius 3 is 2.55 bits per heavy atom. The lowest BCUT2D eigenvalue weighted by Gasteiger charge is -2.37. The minimum absolute atomic E-state index is 0.0406. The van der Waals surface area contributed by atoms with Crippen molar-refractivity contribution in [3.05, 3.63) is 82.1 Å². The molecule has 1 N–H and O–H groups in total. The van der Waals surface area contributed by atoms with Crippen molar-refractivity contribution in [2.24, 2.45) is 0 Å². The van der Waals surface area contributed by atoms with E-state index in [-0.39, 0.29) is 5.91 Å². The molecular formula is C22H21Cl2N3O2. The van der Waals surface area contributed by atoms with Crippen LogP contribution in [0.4, 0.5) is 0 Å². The molecule has 0 atom stereocenters. The fourth-order valence-corrected chi connectivity index (χ4v) is 4.35. The van der Waals surface area contributed by atoms with Gasteiger partial charge in [0.15, 0.2) is 0 Å². The van der Waals surface area contributed by atoms with Gasteiger partial charge < -0.3 is 10.1 Å². The van der Waals surface area contributed by atoms with Gasteiger partial charge in [-0.1, -0.05) is 41.4 Å². The van der Waals surface area contributed by atoms with Crippen LogP contribution < -0.4 is 5.32 Å². The van der Waals surface area contributed by atoms with Crippen LogP contribution in [0.1, 0.15) is 24.0 Å². The first-order chi connectivity index (χ1) is 14.1. The van der Waals surface area contributed by atoms with E-state index in [1.165, 1.54) is 0 Å². The second-order valence-corrected chi connectivity index (χ2v) is 7.96. The average molecular weight is 430 g/mol. The van der Waals surface area contributed by atoms with Gasteiger partial charge in [0.2, 0.25) is 5.91 Å². The summed E-state index contributed by atoms with van der Waals surface area (Å²) in [7, 11) is 0. The van der Waals surface area contributed by atoms with Gasteiger partial charge in [-0.15, -0.1) is 0 Å². The minimum atomic E-state index is -0.713. The summed E-state index contributed by atoms with van der Waals surface area (Å²) in [6.07, 6.45) is 4.79. The van der Waals surface area contributed by atoms with Gasteiger partial charge in [-0.25, -0.2) is 4.68 Å². The third-order valence-electron chi connectivity index (χ3n) is 5.39. The number of hydrogen-bond acceptors (Lipinski definition) is 3. The maximum Gasteiger partial charge on any atom is 0.231 e. The summed E-state index contributed by atoms with van der Waals surface area (Å²) in [6.45, 7) is 1.47. The number of nitrogens with one attached hydrogen (secondary N) is 1. The molecule has 1 amide bonds. The molecule has 29 heavy (non-hydrogen) atoms. The number of amides is 1. The molecular weight excluding hydrogens is 409 g/mol. The smallest absolute Gasteiger partial charge is 0.231 e. The first-order valence-corrected chi connectivity index (χ1v) is 10.2. The Bertz CT molecular complexity index is 982. The Hall–Kier alpha value is -2.34. The maximum absolute atomic E-state index is 13.3. The second-order valence-electron chi connectivity index (χ2n) is 7.12. The van der Waals surface area contributed by atoms with E-state index in [2.05, 4.69) is 10.4 Å². The normalized spacial score (nSPS) is 15.8. The molecule has 0 aliphatic carbocycles. The zero-order chi connectivity index (χ0) is 20.3. The molecule has 0 saturated carbocycles. The number of nitrogens with zero attached hydrogens (tertiary/aromatic N) is 2. The van der Waals surface area contributed by atoms with Crippen molar-refractivity contribution in [2.75, 3.05) is 13.2 Å². The van der Waals surface area contributed by atoms with Gasteiger partial charge in [-0.05, 0) is 54.3 Å². The van der Waals surface area contributed by atoms with Crippen molar-refractivity contribution in [3.63, 3.8) is 0 Å². The van der Waals surface area contributed by atoms with E-state index in [4.69, 9.17) is 27.9 Å². The van der Waals surface area contributed by atoms with Crippen molar-refractivity contribution in [1.82, 2.24) is 15.1 Å².